The van der Waals surface area contributed by atoms with Gasteiger partial charge in [0.05, 0.1) is 7.05 Å². The van der Waals surface area contributed by atoms with E-state index < -0.39 is 11.9 Å². The number of urea groups is 1. The summed E-state index contributed by atoms with van der Waals surface area (Å²) in [4.78, 5) is 35.4. The van der Waals surface area contributed by atoms with E-state index in [2.05, 4.69) is 16.0 Å². The predicted molar refractivity (Wildman–Crippen MR) is 83.5 cm³/mol. The van der Waals surface area contributed by atoms with Crippen LogP contribution >= 0.6 is 0 Å². The molecule has 0 heterocycles. The number of imide groups is 1. The first-order chi connectivity index (χ1) is 10.9. The number of likely N-dealkylation sites (N-methyl/N-ethyl adjacent to an activating group) is 1. The van der Waals surface area contributed by atoms with Gasteiger partial charge in [0.2, 0.25) is 0 Å². The van der Waals surface area contributed by atoms with Crippen LogP contribution in [0.5, 0.6) is 0 Å². The number of halogens is 1. The molecular weight excluding hydrogens is 303 g/mol. The molecule has 0 aliphatic rings. The standard InChI is InChI=1S/C15H21FN4O3/c1-3-8-17-15(23)19-14(22)10-20(2)9-13(21)18-12-6-4-11(16)5-7-12/h4-7H,3,8-10H2,1-2H3,(H,18,21)(H2,17,19,22,23)/p+1. The molecule has 126 valence electrons. The largest absolute Gasteiger partial charge is 0.338 e. The maximum absolute atomic E-state index is 12.8. The first-order valence-corrected chi connectivity index (χ1v) is 7.35. The highest BCUT2D eigenvalue weighted by Gasteiger charge is 2.16. The van der Waals surface area contributed by atoms with Crippen molar-refractivity contribution >= 4 is 23.5 Å². The van der Waals surface area contributed by atoms with Crippen LogP contribution in [0.1, 0.15) is 13.3 Å². The Labute approximate surface area is 134 Å². The predicted octanol–water partition coefficient (Wildman–Crippen LogP) is -0.485. The number of nitrogens with one attached hydrogen (secondary N) is 4. The highest BCUT2D eigenvalue weighted by molar-refractivity contribution is 5.95. The Morgan fingerprint density at radius 2 is 1.70 bits per heavy atom. The zero-order valence-corrected chi connectivity index (χ0v) is 13.2. The molecule has 0 bridgehead atoms. The maximum atomic E-state index is 12.8. The summed E-state index contributed by atoms with van der Waals surface area (Å²) in [7, 11) is 1.66. The molecule has 1 atom stereocenters. The molecule has 1 rings (SSSR count). The minimum atomic E-state index is -0.541. The van der Waals surface area contributed by atoms with Crippen molar-refractivity contribution in [2.24, 2.45) is 0 Å². The van der Waals surface area contributed by atoms with Crippen LogP contribution in [-0.2, 0) is 9.59 Å². The molecule has 8 heteroatoms. The number of hydrogen-bond donors (Lipinski definition) is 4. The Bertz CT molecular complexity index is 548. The molecule has 0 saturated carbocycles. The van der Waals surface area contributed by atoms with E-state index in [1.54, 1.807) is 7.05 Å². The maximum Gasteiger partial charge on any atom is 0.321 e. The van der Waals surface area contributed by atoms with Gasteiger partial charge < -0.3 is 15.5 Å². The fourth-order valence-corrected chi connectivity index (χ4v) is 1.80. The van der Waals surface area contributed by atoms with Crippen molar-refractivity contribution in [2.45, 2.75) is 13.3 Å². The summed E-state index contributed by atoms with van der Waals surface area (Å²) in [6.07, 6.45) is 0.774. The summed E-state index contributed by atoms with van der Waals surface area (Å²) in [5.74, 6) is -1.16. The minimum absolute atomic E-state index is 0.0175. The van der Waals surface area contributed by atoms with Gasteiger partial charge in [0.25, 0.3) is 11.8 Å². The van der Waals surface area contributed by atoms with Gasteiger partial charge in [-0.2, -0.15) is 0 Å². The molecule has 0 saturated heterocycles. The molecule has 7 nitrogen and oxygen atoms in total. The van der Waals surface area contributed by atoms with Crippen LogP contribution in [0.15, 0.2) is 24.3 Å². The van der Waals surface area contributed by atoms with Crippen LogP contribution in [0.25, 0.3) is 0 Å². The van der Waals surface area contributed by atoms with Gasteiger partial charge >= 0.3 is 6.03 Å². The summed E-state index contributed by atoms with van der Waals surface area (Å²) in [5, 5.41) is 7.32. The normalized spacial score (nSPS) is 11.4. The molecular formula is C15H22FN4O3+. The number of hydrogen-bond acceptors (Lipinski definition) is 3. The molecule has 0 spiro atoms. The number of rotatable bonds is 7. The third-order valence-corrected chi connectivity index (χ3v) is 2.84. The van der Waals surface area contributed by atoms with E-state index in [9.17, 15) is 18.8 Å². The van der Waals surface area contributed by atoms with Gasteiger partial charge in [0, 0.05) is 12.2 Å². The van der Waals surface area contributed by atoms with E-state index in [0.717, 1.165) is 6.42 Å². The van der Waals surface area contributed by atoms with Crippen molar-refractivity contribution < 1.29 is 23.7 Å². The van der Waals surface area contributed by atoms with Gasteiger partial charge in [-0.15, -0.1) is 0 Å². The molecule has 1 aromatic rings. The number of benzene rings is 1. The zero-order valence-electron chi connectivity index (χ0n) is 13.2. The molecule has 0 radical (unpaired) electrons. The fourth-order valence-electron chi connectivity index (χ4n) is 1.80. The Hall–Kier alpha value is -2.48. The summed E-state index contributed by atoms with van der Waals surface area (Å²) >= 11 is 0. The van der Waals surface area contributed by atoms with E-state index in [-0.39, 0.29) is 24.8 Å². The topological polar surface area (TPSA) is 91.7 Å². The Morgan fingerprint density at radius 3 is 2.30 bits per heavy atom. The number of quaternary nitrogens is 1. The van der Waals surface area contributed by atoms with E-state index in [1.807, 2.05) is 6.92 Å². The molecule has 0 fully saturated rings. The SMILES string of the molecule is CCCNC(=O)NC(=O)C[NH+](C)CC(=O)Nc1ccc(F)cc1. The van der Waals surface area contributed by atoms with Crippen molar-refractivity contribution in [3.8, 4) is 0 Å². The monoisotopic (exact) mass is 325 g/mol. The van der Waals surface area contributed by atoms with Crippen molar-refractivity contribution in [1.29, 1.82) is 0 Å². The van der Waals surface area contributed by atoms with Crippen LogP contribution in [0.4, 0.5) is 14.9 Å². The van der Waals surface area contributed by atoms with E-state index in [4.69, 9.17) is 0 Å². The van der Waals surface area contributed by atoms with Gasteiger partial charge in [-0.05, 0) is 30.7 Å². The molecule has 23 heavy (non-hydrogen) atoms. The third kappa shape index (κ3) is 7.91. The fraction of sp³-hybridized carbons (Fsp3) is 0.400. The molecule has 4 N–H and O–H groups in total. The molecule has 4 amide bonds. The minimum Gasteiger partial charge on any atom is -0.338 e. The second kappa shape index (κ2) is 9.52. The Kier molecular flexibility index (Phi) is 7.69. The van der Waals surface area contributed by atoms with Gasteiger partial charge in [-0.3, -0.25) is 14.9 Å². The van der Waals surface area contributed by atoms with E-state index in [0.29, 0.717) is 17.1 Å². The quantitative estimate of drug-likeness (QED) is 0.545. The van der Waals surface area contributed by atoms with Crippen molar-refractivity contribution in [2.75, 3.05) is 32.0 Å². The first kappa shape index (κ1) is 18.6. The van der Waals surface area contributed by atoms with Crippen molar-refractivity contribution in [1.82, 2.24) is 10.6 Å². The molecule has 1 unspecified atom stereocenters. The smallest absolute Gasteiger partial charge is 0.321 e. The van der Waals surface area contributed by atoms with Gasteiger partial charge in [-0.1, -0.05) is 6.92 Å². The van der Waals surface area contributed by atoms with Crippen LogP contribution < -0.4 is 20.9 Å². The second-order valence-electron chi connectivity index (χ2n) is 5.17. The Balaban J connectivity index is 2.33. The number of amides is 4. The van der Waals surface area contributed by atoms with Crippen LogP contribution in [0.3, 0.4) is 0 Å². The molecule has 0 aromatic heterocycles. The highest BCUT2D eigenvalue weighted by atomic mass is 19.1. The van der Waals surface area contributed by atoms with Crippen LogP contribution in [0, 0.1) is 5.82 Å². The molecule has 1 aromatic carbocycles. The lowest BCUT2D eigenvalue weighted by Crippen LogP contribution is -3.11. The summed E-state index contributed by atoms with van der Waals surface area (Å²) in [5.41, 5.74) is 0.479. The third-order valence-electron chi connectivity index (χ3n) is 2.84. The lowest BCUT2D eigenvalue weighted by atomic mass is 10.3. The highest BCUT2D eigenvalue weighted by Crippen LogP contribution is 2.07. The van der Waals surface area contributed by atoms with Crippen molar-refractivity contribution in [3.05, 3.63) is 30.1 Å². The number of carbonyl (C=O) groups excluding carboxylic acids is 3. The lowest BCUT2D eigenvalue weighted by molar-refractivity contribution is -0.862. The number of anilines is 1. The summed E-state index contributed by atoms with van der Waals surface area (Å²) in [6.45, 7) is 2.42. The lowest BCUT2D eigenvalue weighted by Gasteiger charge is -2.13. The van der Waals surface area contributed by atoms with Crippen LogP contribution in [-0.4, -0.2) is 44.5 Å². The first-order valence-electron chi connectivity index (χ1n) is 7.35. The van der Waals surface area contributed by atoms with Gasteiger partial charge in [0.15, 0.2) is 13.1 Å². The molecule has 0 aliphatic carbocycles. The van der Waals surface area contributed by atoms with Crippen molar-refractivity contribution in [3.63, 3.8) is 0 Å². The van der Waals surface area contributed by atoms with Gasteiger partial charge in [0.1, 0.15) is 5.82 Å². The van der Waals surface area contributed by atoms with E-state index in [1.165, 1.54) is 24.3 Å². The number of carbonyl (C=O) groups is 3. The average molecular weight is 325 g/mol. The second-order valence-corrected chi connectivity index (χ2v) is 5.17. The van der Waals surface area contributed by atoms with Gasteiger partial charge in [-0.25, -0.2) is 9.18 Å². The zero-order chi connectivity index (χ0) is 17.2. The Morgan fingerprint density at radius 1 is 1.09 bits per heavy atom. The van der Waals surface area contributed by atoms with E-state index >= 15 is 0 Å². The molecule has 0 aliphatic heterocycles. The summed E-state index contributed by atoms with van der Waals surface area (Å²) < 4.78 is 12.8. The summed E-state index contributed by atoms with van der Waals surface area (Å²) in [6, 6.07) is 4.85. The van der Waals surface area contributed by atoms with Crippen LogP contribution in [0.2, 0.25) is 0 Å². The average Bonchev–Trinajstić information content (AvgIpc) is 2.47.